The molecule has 0 saturated carbocycles. The Kier molecular flexibility index (Phi) is 4.90. The molecule has 1 rings (SSSR count). The summed E-state index contributed by atoms with van der Waals surface area (Å²) in [5, 5.41) is 10.0. The molecule has 0 saturated heterocycles. The van der Waals surface area contributed by atoms with E-state index >= 15 is 0 Å². The topological polar surface area (TPSA) is 38.7 Å². The quantitative estimate of drug-likeness (QED) is 0.830. The third kappa shape index (κ3) is 4.32. The third-order valence-electron chi connectivity index (χ3n) is 2.42. The van der Waals surface area contributed by atoms with Gasteiger partial charge in [-0.2, -0.15) is 0 Å². The van der Waals surface area contributed by atoms with Gasteiger partial charge in [0.1, 0.15) is 0 Å². The first-order valence-electron chi connectivity index (χ1n) is 5.61. The van der Waals surface area contributed by atoms with E-state index in [0.717, 1.165) is 0 Å². The van der Waals surface area contributed by atoms with E-state index < -0.39 is 11.4 Å². The molecular formula is C13H19FO3. The van der Waals surface area contributed by atoms with Crippen LogP contribution in [0.2, 0.25) is 0 Å². The van der Waals surface area contributed by atoms with Crippen LogP contribution in [0, 0.1) is 5.82 Å². The highest BCUT2D eigenvalue weighted by Crippen LogP contribution is 2.21. The lowest BCUT2D eigenvalue weighted by molar-refractivity contribution is -0.0297. The summed E-state index contributed by atoms with van der Waals surface area (Å²) >= 11 is 0. The Labute approximate surface area is 101 Å². The first-order chi connectivity index (χ1) is 7.98. The second kappa shape index (κ2) is 5.98. The van der Waals surface area contributed by atoms with Gasteiger partial charge in [0, 0.05) is 13.0 Å². The monoisotopic (exact) mass is 242 g/mol. The molecule has 0 bridgehead atoms. The van der Waals surface area contributed by atoms with E-state index in [-0.39, 0.29) is 12.4 Å². The fraction of sp³-hybridized carbons (Fsp3) is 0.538. The Hall–Kier alpha value is -1.13. The molecular weight excluding hydrogens is 223 g/mol. The van der Waals surface area contributed by atoms with E-state index in [9.17, 15) is 9.50 Å². The van der Waals surface area contributed by atoms with E-state index in [1.807, 2.05) is 6.92 Å². The molecule has 0 aliphatic carbocycles. The zero-order valence-electron chi connectivity index (χ0n) is 10.5. The molecule has 0 spiro atoms. The van der Waals surface area contributed by atoms with E-state index in [1.165, 1.54) is 13.2 Å². The lowest BCUT2D eigenvalue weighted by atomic mass is 9.97. The van der Waals surface area contributed by atoms with E-state index in [0.29, 0.717) is 18.6 Å². The molecule has 1 unspecified atom stereocenters. The molecule has 0 amide bonds. The Morgan fingerprint density at radius 2 is 2.12 bits per heavy atom. The van der Waals surface area contributed by atoms with Gasteiger partial charge >= 0.3 is 0 Å². The number of rotatable bonds is 6. The largest absolute Gasteiger partial charge is 0.494 e. The molecule has 0 aromatic heterocycles. The molecule has 3 nitrogen and oxygen atoms in total. The van der Waals surface area contributed by atoms with Crippen LogP contribution >= 0.6 is 0 Å². The van der Waals surface area contributed by atoms with Gasteiger partial charge in [-0.1, -0.05) is 6.07 Å². The van der Waals surface area contributed by atoms with Crippen molar-refractivity contribution in [3.05, 3.63) is 29.6 Å². The number of ether oxygens (including phenoxy) is 2. The molecule has 1 N–H and O–H groups in total. The van der Waals surface area contributed by atoms with Crippen LogP contribution in [0.5, 0.6) is 5.75 Å². The number of aliphatic hydroxyl groups is 1. The smallest absolute Gasteiger partial charge is 0.165 e. The van der Waals surface area contributed by atoms with E-state index in [2.05, 4.69) is 0 Å². The maximum Gasteiger partial charge on any atom is 0.165 e. The Balaban J connectivity index is 2.71. The third-order valence-corrected chi connectivity index (χ3v) is 2.42. The minimum atomic E-state index is -0.989. The number of hydrogen-bond acceptors (Lipinski definition) is 3. The van der Waals surface area contributed by atoms with Gasteiger partial charge in [0.05, 0.1) is 19.3 Å². The number of hydrogen-bond donors (Lipinski definition) is 1. The summed E-state index contributed by atoms with van der Waals surface area (Å²) in [6.45, 7) is 4.32. The summed E-state index contributed by atoms with van der Waals surface area (Å²) in [5.74, 6) is -0.213. The zero-order chi connectivity index (χ0) is 12.9. The Bertz CT molecular complexity index is 364. The van der Waals surface area contributed by atoms with Gasteiger partial charge in [-0.25, -0.2) is 4.39 Å². The number of benzene rings is 1. The second-order valence-corrected chi connectivity index (χ2v) is 4.28. The summed E-state index contributed by atoms with van der Waals surface area (Å²) in [5.41, 5.74) is -0.273. The van der Waals surface area contributed by atoms with Crippen LogP contribution in [0.3, 0.4) is 0 Å². The van der Waals surface area contributed by atoms with E-state index in [1.54, 1.807) is 19.1 Å². The van der Waals surface area contributed by atoms with Crippen LogP contribution in [0.25, 0.3) is 0 Å². The maximum absolute atomic E-state index is 13.4. The Morgan fingerprint density at radius 3 is 2.65 bits per heavy atom. The number of halogens is 1. The van der Waals surface area contributed by atoms with Crippen LogP contribution in [-0.2, 0) is 11.2 Å². The minimum absolute atomic E-state index is 0.207. The average molecular weight is 242 g/mol. The van der Waals surface area contributed by atoms with Gasteiger partial charge < -0.3 is 14.6 Å². The van der Waals surface area contributed by atoms with Gasteiger partial charge in [-0.05, 0) is 31.5 Å². The van der Waals surface area contributed by atoms with Crippen molar-refractivity contribution in [3.63, 3.8) is 0 Å². The summed E-state index contributed by atoms with van der Waals surface area (Å²) in [7, 11) is 1.42. The fourth-order valence-electron chi connectivity index (χ4n) is 1.63. The molecule has 0 heterocycles. The normalized spacial score (nSPS) is 14.4. The van der Waals surface area contributed by atoms with Gasteiger partial charge in [0.25, 0.3) is 0 Å². The van der Waals surface area contributed by atoms with E-state index in [4.69, 9.17) is 9.47 Å². The van der Waals surface area contributed by atoms with Crippen molar-refractivity contribution >= 4 is 0 Å². The predicted molar refractivity (Wildman–Crippen MR) is 63.8 cm³/mol. The molecule has 0 aliphatic rings. The van der Waals surface area contributed by atoms with Gasteiger partial charge in [-0.3, -0.25) is 0 Å². The first-order valence-corrected chi connectivity index (χ1v) is 5.61. The molecule has 1 aromatic rings. The van der Waals surface area contributed by atoms with Crippen molar-refractivity contribution in [2.24, 2.45) is 0 Å². The molecule has 4 heteroatoms. The first kappa shape index (κ1) is 13.9. The molecule has 1 atom stereocenters. The Morgan fingerprint density at radius 1 is 1.41 bits per heavy atom. The van der Waals surface area contributed by atoms with Crippen molar-refractivity contribution in [3.8, 4) is 5.75 Å². The lowest BCUT2D eigenvalue weighted by Crippen LogP contribution is -2.33. The van der Waals surface area contributed by atoms with Crippen molar-refractivity contribution < 1.29 is 19.0 Å². The molecule has 1 aromatic carbocycles. The van der Waals surface area contributed by atoms with Gasteiger partial charge in [0.15, 0.2) is 11.6 Å². The van der Waals surface area contributed by atoms with Crippen LogP contribution in [0.1, 0.15) is 19.4 Å². The predicted octanol–water partition coefficient (Wildman–Crippen LogP) is 2.16. The number of methoxy groups -OCH3 is 1. The lowest BCUT2D eigenvalue weighted by Gasteiger charge is -2.23. The summed E-state index contributed by atoms with van der Waals surface area (Å²) in [6, 6.07) is 4.67. The highest BCUT2D eigenvalue weighted by atomic mass is 19.1. The van der Waals surface area contributed by atoms with Crippen molar-refractivity contribution in [1.82, 2.24) is 0 Å². The van der Waals surface area contributed by atoms with Crippen LogP contribution in [0.15, 0.2) is 18.2 Å². The van der Waals surface area contributed by atoms with Gasteiger partial charge in [0.2, 0.25) is 0 Å². The van der Waals surface area contributed by atoms with Crippen molar-refractivity contribution in [1.29, 1.82) is 0 Å². The standard InChI is InChI=1S/C13H19FO3/c1-4-17-9-13(2,15)8-10-5-6-12(16-3)11(14)7-10/h5-7,15H,4,8-9H2,1-3H3. The summed E-state index contributed by atoms with van der Waals surface area (Å²) < 4.78 is 23.4. The van der Waals surface area contributed by atoms with Gasteiger partial charge in [-0.15, -0.1) is 0 Å². The molecule has 0 aliphatic heterocycles. The SMILES string of the molecule is CCOCC(C)(O)Cc1ccc(OC)c(F)c1. The molecule has 0 radical (unpaired) electrons. The second-order valence-electron chi connectivity index (χ2n) is 4.28. The average Bonchev–Trinajstić information content (AvgIpc) is 2.26. The van der Waals surface area contributed by atoms with Crippen LogP contribution in [-0.4, -0.2) is 31.0 Å². The van der Waals surface area contributed by atoms with Crippen molar-refractivity contribution in [2.75, 3.05) is 20.3 Å². The summed E-state index contributed by atoms with van der Waals surface area (Å²) in [6.07, 6.45) is 0.341. The van der Waals surface area contributed by atoms with Crippen LogP contribution in [0.4, 0.5) is 4.39 Å². The fourth-order valence-corrected chi connectivity index (χ4v) is 1.63. The highest BCUT2D eigenvalue weighted by molar-refractivity contribution is 5.30. The van der Waals surface area contributed by atoms with Crippen molar-refractivity contribution in [2.45, 2.75) is 25.9 Å². The highest BCUT2D eigenvalue weighted by Gasteiger charge is 2.21. The minimum Gasteiger partial charge on any atom is -0.494 e. The molecule has 0 fully saturated rings. The maximum atomic E-state index is 13.4. The summed E-state index contributed by atoms with van der Waals surface area (Å²) in [4.78, 5) is 0. The van der Waals surface area contributed by atoms with Crippen LogP contribution < -0.4 is 4.74 Å². The molecule has 96 valence electrons. The zero-order valence-corrected chi connectivity index (χ0v) is 10.5. The molecule has 17 heavy (non-hydrogen) atoms.